The Balaban J connectivity index is 1.87. The Morgan fingerprint density at radius 2 is 2.39 bits per heavy atom. The van der Waals surface area contributed by atoms with E-state index in [2.05, 4.69) is 10.5 Å². The van der Waals surface area contributed by atoms with Crippen LogP contribution in [0.5, 0.6) is 0 Å². The van der Waals surface area contributed by atoms with Gasteiger partial charge in [-0.25, -0.2) is 0 Å². The molecule has 0 saturated heterocycles. The fourth-order valence-electron chi connectivity index (χ4n) is 1.54. The number of carbonyl (C=O) groups is 1. The lowest BCUT2D eigenvalue weighted by molar-refractivity contribution is 0.0501. The van der Waals surface area contributed by atoms with Gasteiger partial charge in [-0.3, -0.25) is 4.79 Å². The Kier molecular flexibility index (Phi) is 3.47. The quantitative estimate of drug-likeness (QED) is 0.826. The van der Waals surface area contributed by atoms with E-state index in [-0.39, 0.29) is 12.3 Å². The SMILES string of the molecule is C[C@](O)(CNC(=O)c1ccno1)Cc1ccco1. The zero-order chi connectivity index (χ0) is 13.0. The lowest BCUT2D eigenvalue weighted by Crippen LogP contribution is -2.42. The van der Waals surface area contributed by atoms with Crippen molar-refractivity contribution in [3.8, 4) is 0 Å². The molecule has 1 atom stereocenters. The highest BCUT2D eigenvalue weighted by atomic mass is 16.5. The lowest BCUT2D eigenvalue weighted by Gasteiger charge is -2.22. The molecule has 6 heteroatoms. The molecular formula is C12H14N2O4. The predicted molar refractivity (Wildman–Crippen MR) is 61.9 cm³/mol. The second-order valence-corrected chi connectivity index (χ2v) is 4.31. The molecule has 2 N–H and O–H groups in total. The van der Waals surface area contributed by atoms with Crippen molar-refractivity contribution in [3.63, 3.8) is 0 Å². The third kappa shape index (κ3) is 3.21. The van der Waals surface area contributed by atoms with Crippen LogP contribution in [0.3, 0.4) is 0 Å². The first-order valence-corrected chi connectivity index (χ1v) is 5.50. The number of nitrogens with one attached hydrogen (secondary N) is 1. The van der Waals surface area contributed by atoms with Crippen LogP contribution in [0.1, 0.15) is 23.2 Å². The molecule has 0 unspecified atom stereocenters. The molecule has 2 rings (SSSR count). The average Bonchev–Trinajstić information content (AvgIpc) is 2.97. The van der Waals surface area contributed by atoms with Crippen molar-refractivity contribution >= 4 is 5.91 Å². The Hall–Kier alpha value is -2.08. The van der Waals surface area contributed by atoms with E-state index >= 15 is 0 Å². The molecule has 0 bridgehead atoms. The van der Waals surface area contributed by atoms with Crippen molar-refractivity contribution < 1.29 is 18.8 Å². The molecule has 1 amide bonds. The van der Waals surface area contributed by atoms with Crippen LogP contribution in [0.4, 0.5) is 0 Å². The van der Waals surface area contributed by atoms with Crippen LogP contribution < -0.4 is 5.32 Å². The molecule has 0 fully saturated rings. The van der Waals surface area contributed by atoms with Gasteiger partial charge in [0.25, 0.3) is 5.91 Å². The Morgan fingerprint density at radius 3 is 3.00 bits per heavy atom. The van der Waals surface area contributed by atoms with Crippen molar-refractivity contribution in [1.82, 2.24) is 10.5 Å². The summed E-state index contributed by atoms with van der Waals surface area (Å²) in [6.45, 7) is 1.71. The first-order chi connectivity index (χ1) is 8.57. The van der Waals surface area contributed by atoms with Gasteiger partial charge in [0.15, 0.2) is 0 Å². The maximum atomic E-state index is 11.6. The van der Waals surface area contributed by atoms with Crippen molar-refractivity contribution in [1.29, 1.82) is 0 Å². The smallest absolute Gasteiger partial charge is 0.289 e. The first-order valence-electron chi connectivity index (χ1n) is 5.50. The van der Waals surface area contributed by atoms with Gasteiger partial charge in [-0.15, -0.1) is 0 Å². The van der Waals surface area contributed by atoms with E-state index in [9.17, 15) is 9.90 Å². The van der Waals surface area contributed by atoms with Gasteiger partial charge in [0.05, 0.1) is 18.1 Å². The van der Waals surface area contributed by atoms with Gasteiger partial charge in [-0.2, -0.15) is 0 Å². The summed E-state index contributed by atoms with van der Waals surface area (Å²) in [6.07, 6.45) is 3.24. The number of hydrogen-bond acceptors (Lipinski definition) is 5. The third-order valence-electron chi connectivity index (χ3n) is 2.43. The summed E-state index contributed by atoms with van der Waals surface area (Å²) in [5.74, 6) is 0.366. The molecule has 6 nitrogen and oxygen atoms in total. The minimum absolute atomic E-state index is 0.0905. The van der Waals surface area contributed by atoms with E-state index in [1.165, 1.54) is 12.3 Å². The van der Waals surface area contributed by atoms with E-state index in [0.717, 1.165) is 0 Å². The van der Waals surface area contributed by atoms with E-state index < -0.39 is 11.5 Å². The molecular weight excluding hydrogens is 236 g/mol. The minimum Gasteiger partial charge on any atom is -0.469 e. The van der Waals surface area contributed by atoms with Gasteiger partial charge in [-0.05, 0) is 19.1 Å². The number of rotatable bonds is 5. The summed E-state index contributed by atoms with van der Waals surface area (Å²) in [4.78, 5) is 11.6. The van der Waals surface area contributed by atoms with Crippen LogP contribution in [-0.2, 0) is 6.42 Å². The van der Waals surface area contributed by atoms with Gasteiger partial charge in [0.1, 0.15) is 5.76 Å². The van der Waals surface area contributed by atoms with Crippen molar-refractivity contribution in [2.24, 2.45) is 0 Å². The number of hydrogen-bond donors (Lipinski definition) is 2. The highest BCUT2D eigenvalue weighted by molar-refractivity contribution is 5.91. The Morgan fingerprint density at radius 1 is 1.56 bits per heavy atom. The predicted octanol–water partition coefficient (Wildman–Crippen LogP) is 0.991. The largest absolute Gasteiger partial charge is 0.469 e. The van der Waals surface area contributed by atoms with Crippen LogP contribution in [0.2, 0.25) is 0 Å². The van der Waals surface area contributed by atoms with Crippen LogP contribution in [0.25, 0.3) is 0 Å². The van der Waals surface area contributed by atoms with E-state index in [4.69, 9.17) is 8.94 Å². The molecule has 0 spiro atoms. The number of carbonyl (C=O) groups excluding carboxylic acids is 1. The molecule has 0 aliphatic heterocycles. The summed E-state index contributed by atoms with van der Waals surface area (Å²) in [5, 5.41) is 16.1. The third-order valence-corrected chi connectivity index (χ3v) is 2.43. The summed E-state index contributed by atoms with van der Waals surface area (Å²) >= 11 is 0. The van der Waals surface area contributed by atoms with Crippen molar-refractivity contribution in [2.45, 2.75) is 18.9 Å². The summed E-state index contributed by atoms with van der Waals surface area (Å²) in [5.41, 5.74) is -1.09. The number of amides is 1. The summed E-state index contributed by atoms with van der Waals surface area (Å²) < 4.78 is 9.85. The fraction of sp³-hybridized carbons (Fsp3) is 0.333. The van der Waals surface area contributed by atoms with E-state index in [0.29, 0.717) is 12.2 Å². The van der Waals surface area contributed by atoms with E-state index in [1.54, 1.807) is 25.3 Å². The molecule has 0 saturated carbocycles. The lowest BCUT2D eigenvalue weighted by atomic mass is 10.0. The van der Waals surface area contributed by atoms with Crippen LogP contribution >= 0.6 is 0 Å². The summed E-state index contributed by atoms with van der Waals surface area (Å²) in [6, 6.07) is 4.97. The first kappa shape index (κ1) is 12.4. The zero-order valence-corrected chi connectivity index (χ0v) is 9.92. The second kappa shape index (κ2) is 5.05. The highest BCUT2D eigenvalue weighted by Crippen LogP contribution is 2.13. The van der Waals surface area contributed by atoms with Gasteiger partial charge >= 0.3 is 0 Å². The Bertz CT molecular complexity index is 488. The number of furan rings is 1. The van der Waals surface area contributed by atoms with Gasteiger partial charge in [0, 0.05) is 19.0 Å². The standard InChI is InChI=1S/C12H14N2O4/c1-12(16,7-9-3-2-6-17-9)8-13-11(15)10-4-5-14-18-10/h2-6,16H,7-8H2,1H3,(H,13,15)/t12-/m1/s1. The van der Waals surface area contributed by atoms with Gasteiger partial charge < -0.3 is 19.4 Å². The van der Waals surface area contributed by atoms with Gasteiger partial charge in [-0.1, -0.05) is 5.16 Å². The molecule has 0 radical (unpaired) electrons. The molecule has 0 aromatic carbocycles. The summed E-state index contributed by atoms with van der Waals surface area (Å²) in [7, 11) is 0. The molecule has 2 aromatic heterocycles. The Labute approximate surface area is 104 Å². The topological polar surface area (TPSA) is 88.5 Å². The normalized spacial score (nSPS) is 14.1. The number of aromatic nitrogens is 1. The van der Waals surface area contributed by atoms with Crippen molar-refractivity contribution in [2.75, 3.05) is 6.54 Å². The molecule has 0 aliphatic rings. The minimum atomic E-state index is -1.09. The molecule has 2 aromatic rings. The van der Waals surface area contributed by atoms with Crippen LogP contribution in [0.15, 0.2) is 39.6 Å². The maximum absolute atomic E-state index is 11.6. The fourth-order valence-corrected chi connectivity index (χ4v) is 1.54. The monoisotopic (exact) mass is 250 g/mol. The second-order valence-electron chi connectivity index (χ2n) is 4.31. The van der Waals surface area contributed by atoms with Crippen LogP contribution in [-0.4, -0.2) is 28.3 Å². The zero-order valence-electron chi connectivity index (χ0n) is 9.92. The number of nitrogens with zero attached hydrogens (tertiary/aromatic N) is 1. The molecule has 2 heterocycles. The average molecular weight is 250 g/mol. The molecule has 18 heavy (non-hydrogen) atoms. The van der Waals surface area contributed by atoms with Crippen LogP contribution in [0, 0.1) is 0 Å². The highest BCUT2D eigenvalue weighted by Gasteiger charge is 2.24. The molecule has 96 valence electrons. The number of aliphatic hydroxyl groups is 1. The molecule has 0 aliphatic carbocycles. The van der Waals surface area contributed by atoms with Crippen molar-refractivity contribution in [3.05, 3.63) is 42.2 Å². The van der Waals surface area contributed by atoms with Gasteiger partial charge in [0.2, 0.25) is 5.76 Å². The maximum Gasteiger partial charge on any atom is 0.289 e. The van der Waals surface area contributed by atoms with E-state index in [1.807, 2.05) is 0 Å².